The Morgan fingerprint density at radius 1 is 0.935 bits per heavy atom. The molecule has 1 atom stereocenters. The first-order chi connectivity index (χ1) is 15.0. The van der Waals surface area contributed by atoms with Gasteiger partial charge in [0.1, 0.15) is 12.2 Å². The Labute approximate surface area is 181 Å². The Hall–Kier alpha value is -3.71. The van der Waals surface area contributed by atoms with Crippen molar-refractivity contribution in [3.63, 3.8) is 0 Å². The van der Waals surface area contributed by atoms with Crippen LogP contribution in [0.15, 0.2) is 77.6 Å². The Morgan fingerprint density at radius 2 is 1.58 bits per heavy atom. The van der Waals surface area contributed by atoms with Crippen LogP contribution in [0.3, 0.4) is 0 Å². The molecule has 0 unspecified atom stereocenters. The van der Waals surface area contributed by atoms with E-state index < -0.39 is 11.6 Å². The molecular formula is C24H26N4O3. The van der Waals surface area contributed by atoms with Crippen molar-refractivity contribution in [2.45, 2.75) is 26.1 Å². The van der Waals surface area contributed by atoms with Gasteiger partial charge in [0.2, 0.25) is 11.8 Å². The molecule has 0 aliphatic heterocycles. The van der Waals surface area contributed by atoms with E-state index in [1.54, 1.807) is 26.1 Å². The van der Waals surface area contributed by atoms with Crippen LogP contribution in [0.2, 0.25) is 0 Å². The number of hydrogen-bond donors (Lipinski definition) is 3. The molecule has 31 heavy (non-hydrogen) atoms. The van der Waals surface area contributed by atoms with E-state index in [0.29, 0.717) is 12.2 Å². The lowest BCUT2D eigenvalue weighted by Gasteiger charge is -2.16. The fourth-order valence-electron chi connectivity index (χ4n) is 3.06. The molecule has 3 N–H and O–H groups in total. The highest BCUT2D eigenvalue weighted by Gasteiger charge is 2.17. The van der Waals surface area contributed by atoms with Crippen molar-refractivity contribution < 1.29 is 9.59 Å². The third-order valence-corrected chi connectivity index (χ3v) is 4.96. The van der Waals surface area contributed by atoms with Gasteiger partial charge in [0.05, 0.1) is 11.7 Å². The molecule has 3 rings (SSSR count). The molecule has 0 spiro atoms. The summed E-state index contributed by atoms with van der Waals surface area (Å²) >= 11 is 0. The minimum atomic E-state index is -0.462. The molecule has 0 radical (unpaired) electrons. The van der Waals surface area contributed by atoms with Gasteiger partial charge in [-0.1, -0.05) is 60.7 Å². The standard InChI is InChI=1S/C24H26N4O3/c1-17(25-2)23(30)27-20-13-14-21(19-11-7-4-8-12-19)28(24(20)31)16-22(29)26-15-18-9-5-3-6-10-18/h3-14,17,25H,15-16H2,1-2H3,(H,26,29)(H,27,30)/t17-/m0/s1. The van der Waals surface area contributed by atoms with Crippen molar-refractivity contribution >= 4 is 17.5 Å². The first-order valence-electron chi connectivity index (χ1n) is 10.1. The summed E-state index contributed by atoms with van der Waals surface area (Å²) in [6.45, 7) is 1.90. The molecule has 0 bridgehead atoms. The van der Waals surface area contributed by atoms with E-state index in [1.807, 2.05) is 60.7 Å². The second-order valence-corrected chi connectivity index (χ2v) is 7.15. The number of amides is 2. The Bertz CT molecular complexity index is 1090. The lowest BCUT2D eigenvalue weighted by molar-refractivity contribution is -0.121. The van der Waals surface area contributed by atoms with Gasteiger partial charge in [-0.15, -0.1) is 0 Å². The average molecular weight is 418 g/mol. The van der Waals surface area contributed by atoms with Gasteiger partial charge in [-0.05, 0) is 37.2 Å². The maximum Gasteiger partial charge on any atom is 0.275 e. The highest BCUT2D eigenvalue weighted by molar-refractivity contribution is 5.94. The Morgan fingerprint density at radius 3 is 2.23 bits per heavy atom. The smallest absolute Gasteiger partial charge is 0.275 e. The van der Waals surface area contributed by atoms with Crippen molar-refractivity contribution in [1.82, 2.24) is 15.2 Å². The van der Waals surface area contributed by atoms with Crippen LogP contribution < -0.4 is 21.5 Å². The second kappa shape index (κ2) is 10.4. The highest BCUT2D eigenvalue weighted by Crippen LogP contribution is 2.19. The summed E-state index contributed by atoms with van der Waals surface area (Å²) in [6, 6.07) is 21.7. The molecule has 0 fully saturated rings. The maximum absolute atomic E-state index is 13.2. The average Bonchev–Trinajstić information content (AvgIpc) is 2.81. The summed E-state index contributed by atoms with van der Waals surface area (Å²) in [4.78, 5) is 38.1. The minimum absolute atomic E-state index is 0.127. The number of carbonyl (C=O) groups is 2. The summed E-state index contributed by atoms with van der Waals surface area (Å²) in [5, 5.41) is 8.33. The number of hydrogen-bond acceptors (Lipinski definition) is 4. The van der Waals surface area contributed by atoms with E-state index in [9.17, 15) is 14.4 Å². The minimum Gasteiger partial charge on any atom is -0.350 e. The van der Waals surface area contributed by atoms with Crippen molar-refractivity contribution in [2.75, 3.05) is 12.4 Å². The van der Waals surface area contributed by atoms with E-state index in [-0.39, 0.29) is 24.0 Å². The predicted octanol–water partition coefficient (Wildman–Crippen LogP) is 2.38. The second-order valence-electron chi connectivity index (χ2n) is 7.15. The molecule has 1 heterocycles. The van der Waals surface area contributed by atoms with Crippen LogP contribution in [-0.4, -0.2) is 29.5 Å². The largest absolute Gasteiger partial charge is 0.350 e. The number of anilines is 1. The van der Waals surface area contributed by atoms with Crippen molar-refractivity contribution in [3.05, 3.63) is 88.7 Å². The van der Waals surface area contributed by atoms with E-state index in [4.69, 9.17) is 0 Å². The van der Waals surface area contributed by atoms with Crippen molar-refractivity contribution in [1.29, 1.82) is 0 Å². The number of nitrogens with one attached hydrogen (secondary N) is 3. The summed E-state index contributed by atoms with van der Waals surface area (Å²) in [5.41, 5.74) is 2.06. The molecule has 7 heteroatoms. The fraction of sp³-hybridized carbons (Fsp3) is 0.208. The third kappa shape index (κ3) is 5.67. The SMILES string of the molecule is CN[C@@H](C)C(=O)Nc1ccc(-c2ccccc2)n(CC(=O)NCc2ccccc2)c1=O. The van der Waals surface area contributed by atoms with Gasteiger partial charge in [0, 0.05) is 6.54 Å². The zero-order chi connectivity index (χ0) is 22.2. The van der Waals surface area contributed by atoms with Crippen LogP contribution in [0.5, 0.6) is 0 Å². The number of carbonyl (C=O) groups excluding carboxylic acids is 2. The number of aromatic nitrogens is 1. The maximum atomic E-state index is 13.2. The van der Waals surface area contributed by atoms with Crippen LogP contribution in [0.1, 0.15) is 12.5 Å². The van der Waals surface area contributed by atoms with E-state index >= 15 is 0 Å². The number of rotatable bonds is 8. The van der Waals surface area contributed by atoms with Crippen LogP contribution in [0.25, 0.3) is 11.3 Å². The molecule has 7 nitrogen and oxygen atoms in total. The number of nitrogens with zero attached hydrogens (tertiary/aromatic N) is 1. The van der Waals surface area contributed by atoms with Crippen molar-refractivity contribution in [3.8, 4) is 11.3 Å². The molecular weight excluding hydrogens is 392 g/mol. The van der Waals surface area contributed by atoms with Gasteiger partial charge < -0.3 is 16.0 Å². The van der Waals surface area contributed by atoms with E-state index in [0.717, 1.165) is 11.1 Å². The van der Waals surface area contributed by atoms with Gasteiger partial charge in [0.25, 0.3) is 5.56 Å². The van der Waals surface area contributed by atoms with Gasteiger partial charge >= 0.3 is 0 Å². The quantitative estimate of drug-likeness (QED) is 0.524. The van der Waals surface area contributed by atoms with Crippen LogP contribution in [0.4, 0.5) is 5.69 Å². The van der Waals surface area contributed by atoms with Crippen LogP contribution in [0, 0.1) is 0 Å². The summed E-state index contributed by atoms with van der Waals surface area (Å²) in [5.74, 6) is -0.623. The monoisotopic (exact) mass is 418 g/mol. The number of likely N-dealkylation sites (N-methyl/N-ethyl adjacent to an activating group) is 1. The molecule has 3 aromatic rings. The molecule has 2 aromatic carbocycles. The van der Waals surface area contributed by atoms with Crippen LogP contribution in [-0.2, 0) is 22.7 Å². The predicted molar refractivity (Wildman–Crippen MR) is 122 cm³/mol. The zero-order valence-electron chi connectivity index (χ0n) is 17.6. The van der Waals surface area contributed by atoms with Gasteiger partial charge in [-0.3, -0.25) is 19.0 Å². The lowest BCUT2D eigenvalue weighted by atomic mass is 10.1. The normalized spacial score (nSPS) is 11.5. The molecule has 1 aromatic heterocycles. The topological polar surface area (TPSA) is 92.2 Å². The van der Waals surface area contributed by atoms with Gasteiger partial charge in [-0.2, -0.15) is 0 Å². The first-order valence-corrected chi connectivity index (χ1v) is 10.1. The molecule has 0 saturated heterocycles. The molecule has 2 amide bonds. The Kier molecular flexibility index (Phi) is 7.35. The van der Waals surface area contributed by atoms with Crippen LogP contribution >= 0.6 is 0 Å². The van der Waals surface area contributed by atoms with Gasteiger partial charge in [0.15, 0.2) is 0 Å². The molecule has 160 valence electrons. The summed E-state index contributed by atoms with van der Waals surface area (Å²) in [7, 11) is 1.66. The fourth-order valence-corrected chi connectivity index (χ4v) is 3.06. The van der Waals surface area contributed by atoms with E-state index in [1.165, 1.54) is 4.57 Å². The number of pyridine rings is 1. The lowest BCUT2D eigenvalue weighted by Crippen LogP contribution is -2.38. The molecule has 0 saturated carbocycles. The summed E-state index contributed by atoms with van der Waals surface area (Å²) < 4.78 is 1.38. The van der Waals surface area contributed by atoms with Crippen molar-refractivity contribution in [2.24, 2.45) is 0 Å². The first kappa shape index (κ1) is 22.0. The third-order valence-electron chi connectivity index (χ3n) is 4.96. The molecule has 0 aliphatic carbocycles. The zero-order valence-corrected chi connectivity index (χ0v) is 17.6. The summed E-state index contributed by atoms with van der Waals surface area (Å²) in [6.07, 6.45) is 0. The number of benzene rings is 2. The highest BCUT2D eigenvalue weighted by atomic mass is 16.2. The molecule has 0 aliphatic rings. The van der Waals surface area contributed by atoms with Gasteiger partial charge in [-0.25, -0.2) is 0 Å². The van der Waals surface area contributed by atoms with E-state index in [2.05, 4.69) is 16.0 Å². The Balaban J connectivity index is 1.89.